The van der Waals surface area contributed by atoms with E-state index in [1.54, 1.807) is 4.90 Å². The van der Waals surface area contributed by atoms with E-state index in [0.717, 1.165) is 5.56 Å². The number of rotatable bonds is 6. The van der Waals surface area contributed by atoms with Gasteiger partial charge in [0.05, 0.1) is 25.2 Å². The molecule has 5 heteroatoms. The van der Waals surface area contributed by atoms with E-state index in [2.05, 4.69) is 6.58 Å². The maximum absolute atomic E-state index is 12.5. The molecule has 1 amide bonds. The normalized spacial score (nSPS) is 18.0. The van der Waals surface area contributed by atoms with Gasteiger partial charge < -0.3 is 14.4 Å². The van der Waals surface area contributed by atoms with E-state index < -0.39 is 11.5 Å². The monoisotopic (exact) mass is 309 g/mol. The number of ether oxygens (including phenoxy) is 2. The molecule has 1 fully saturated rings. The van der Waals surface area contributed by atoms with Crippen molar-refractivity contribution < 1.29 is 14.3 Å². The largest absolute Gasteiger partial charge is 0.378 e. The number of nitrogens with zero attached hydrogens (tertiary/aromatic N) is 1. The van der Waals surface area contributed by atoms with Crippen molar-refractivity contribution >= 4 is 17.5 Å². The van der Waals surface area contributed by atoms with Gasteiger partial charge in [-0.25, -0.2) is 0 Å². The van der Waals surface area contributed by atoms with E-state index in [0.29, 0.717) is 32.9 Å². The van der Waals surface area contributed by atoms with Gasteiger partial charge in [-0.1, -0.05) is 36.4 Å². The Morgan fingerprint density at radius 1 is 1.38 bits per heavy atom. The molecule has 2 rings (SSSR count). The summed E-state index contributed by atoms with van der Waals surface area (Å²) >= 11 is 6.19. The molecule has 0 unspecified atom stereocenters. The van der Waals surface area contributed by atoms with Gasteiger partial charge in [-0.15, -0.1) is 18.2 Å². The number of hydrogen-bond donors (Lipinski definition) is 0. The molecule has 0 saturated carbocycles. The van der Waals surface area contributed by atoms with Gasteiger partial charge in [-0.2, -0.15) is 0 Å². The molecular formula is C16H20ClNO3. The molecule has 0 aromatic heterocycles. The quantitative estimate of drug-likeness (QED) is 0.597. The first kappa shape index (κ1) is 16.0. The zero-order valence-corrected chi connectivity index (χ0v) is 12.7. The number of amides is 1. The molecule has 1 aromatic carbocycles. The summed E-state index contributed by atoms with van der Waals surface area (Å²) in [4.78, 5) is 14.3. The SMILES string of the molecule is C=C[C@H](Cl)[C@H](OCc1ccccc1)C(=O)N1CCOCC1. The Hall–Kier alpha value is -1.36. The van der Waals surface area contributed by atoms with E-state index in [-0.39, 0.29) is 5.91 Å². The van der Waals surface area contributed by atoms with E-state index in [1.165, 1.54) is 6.08 Å². The molecule has 0 N–H and O–H groups in total. The summed E-state index contributed by atoms with van der Waals surface area (Å²) in [7, 11) is 0. The van der Waals surface area contributed by atoms with Gasteiger partial charge in [-0.3, -0.25) is 4.79 Å². The molecule has 2 atom stereocenters. The van der Waals surface area contributed by atoms with Gasteiger partial charge >= 0.3 is 0 Å². The van der Waals surface area contributed by atoms with Gasteiger partial charge in [0.1, 0.15) is 0 Å². The lowest BCUT2D eigenvalue weighted by molar-refractivity contribution is -0.148. The fourth-order valence-electron chi connectivity index (χ4n) is 2.15. The van der Waals surface area contributed by atoms with Crippen LogP contribution in [0.3, 0.4) is 0 Å². The van der Waals surface area contributed by atoms with Crippen LogP contribution in [0, 0.1) is 0 Å². The molecule has 0 bridgehead atoms. The fraction of sp³-hybridized carbons (Fsp3) is 0.438. The predicted molar refractivity (Wildman–Crippen MR) is 82.3 cm³/mol. The zero-order valence-electron chi connectivity index (χ0n) is 11.9. The number of benzene rings is 1. The molecule has 0 aliphatic carbocycles. The van der Waals surface area contributed by atoms with Crippen molar-refractivity contribution in [2.75, 3.05) is 26.3 Å². The molecule has 1 aliphatic rings. The second-order valence-electron chi connectivity index (χ2n) is 4.83. The van der Waals surface area contributed by atoms with Crippen LogP contribution in [-0.2, 0) is 20.9 Å². The molecule has 1 aliphatic heterocycles. The van der Waals surface area contributed by atoms with Crippen LogP contribution < -0.4 is 0 Å². The zero-order chi connectivity index (χ0) is 15.1. The Bertz CT molecular complexity index is 460. The van der Waals surface area contributed by atoms with Crippen LogP contribution in [-0.4, -0.2) is 48.6 Å². The van der Waals surface area contributed by atoms with Crippen LogP contribution in [0.25, 0.3) is 0 Å². The molecule has 1 aromatic rings. The first-order valence-corrected chi connectivity index (χ1v) is 7.44. The lowest BCUT2D eigenvalue weighted by Gasteiger charge is -2.31. The van der Waals surface area contributed by atoms with Crippen molar-refractivity contribution in [3.63, 3.8) is 0 Å². The highest BCUT2D eigenvalue weighted by atomic mass is 35.5. The Balaban J connectivity index is 1.99. The summed E-state index contributed by atoms with van der Waals surface area (Å²) in [6, 6.07) is 9.71. The van der Waals surface area contributed by atoms with Crippen molar-refractivity contribution in [2.45, 2.75) is 18.1 Å². The number of carbonyl (C=O) groups is 1. The summed E-state index contributed by atoms with van der Waals surface area (Å²) in [5.74, 6) is -0.103. The van der Waals surface area contributed by atoms with Crippen LogP contribution in [0.4, 0.5) is 0 Å². The average molecular weight is 310 g/mol. The Morgan fingerprint density at radius 3 is 2.67 bits per heavy atom. The topological polar surface area (TPSA) is 38.8 Å². The van der Waals surface area contributed by atoms with Gasteiger partial charge in [0, 0.05) is 13.1 Å². The number of halogens is 1. The average Bonchev–Trinajstić information content (AvgIpc) is 2.56. The van der Waals surface area contributed by atoms with Gasteiger partial charge in [0.15, 0.2) is 6.10 Å². The van der Waals surface area contributed by atoms with Crippen molar-refractivity contribution in [1.82, 2.24) is 4.90 Å². The first-order valence-electron chi connectivity index (χ1n) is 7.01. The van der Waals surface area contributed by atoms with Crippen LogP contribution in [0.1, 0.15) is 5.56 Å². The lowest BCUT2D eigenvalue weighted by Crippen LogP contribution is -2.48. The highest BCUT2D eigenvalue weighted by molar-refractivity contribution is 6.23. The molecule has 0 radical (unpaired) electrons. The van der Waals surface area contributed by atoms with Gasteiger partial charge in [0.2, 0.25) is 0 Å². The standard InChI is InChI=1S/C16H20ClNO3/c1-2-14(17)15(16(19)18-8-10-20-11-9-18)21-12-13-6-4-3-5-7-13/h2-7,14-15H,1,8-12H2/t14-,15-/m0/s1. The lowest BCUT2D eigenvalue weighted by atomic mass is 10.2. The van der Waals surface area contributed by atoms with E-state index in [4.69, 9.17) is 21.1 Å². The second-order valence-corrected chi connectivity index (χ2v) is 5.34. The van der Waals surface area contributed by atoms with Crippen LogP contribution in [0.2, 0.25) is 0 Å². The van der Waals surface area contributed by atoms with Crippen molar-refractivity contribution in [1.29, 1.82) is 0 Å². The molecule has 21 heavy (non-hydrogen) atoms. The fourth-order valence-corrected chi connectivity index (χ4v) is 2.33. The molecule has 0 spiro atoms. The van der Waals surface area contributed by atoms with Gasteiger partial charge in [-0.05, 0) is 5.56 Å². The Kier molecular flexibility index (Phi) is 6.23. The second kappa shape index (κ2) is 8.17. The molecule has 4 nitrogen and oxygen atoms in total. The van der Waals surface area contributed by atoms with Crippen molar-refractivity contribution in [3.05, 3.63) is 48.6 Å². The van der Waals surface area contributed by atoms with Crippen LogP contribution in [0.15, 0.2) is 43.0 Å². The molecule has 1 saturated heterocycles. The van der Waals surface area contributed by atoms with E-state index in [9.17, 15) is 4.79 Å². The highest BCUT2D eigenvalue weighted by Crippen LogP contribution is 2.15. The minimum Gasteiger partial charge on any atom is -0.378 e. The Morgan fingerprint density at radius 2 is 2.05 bits per heavy atom. The molecule has 1 heterocycles. The number of morpholine rings is 1. The van der Waals surface area contributed by atoms with Gasteiger partial charge in [0.25, 0.3) is 5.91 Å². The summed E-state index contributed by atoms with van der Waals surface area (Å²) in [6.45, 7) is 6.26. The maximum Gasteiger partial charge on any atom is 0.253 e. The first-order chi connectivity index (χ1) is 10.2. The van der Waals surface area contributed by atoms with Crippen molar-refractivity contribution in [2.24, 2.45) is 0 Å². The minimum atomic E-state index is -0.720. The third kappa shape index (κ3) is 4.56. The number of hydrogen-bond acceptors (Lipinski definition) is 3. The maximum atomic E-state index is 12.5. The molecular weight excluding hydrogens is 290 g/mol. The van der Waals surface area contributed by atoms with E-state index in [1.807, 2.05) is 30.3 Å². The van der Waals surface area contributed by atoms with Crippen LogP contribution in [0.5, 0.6) is 0 Å². The summed E-state index contributed by atoms with van der Waals surface area (Å²) in [5, 5.41) is -0.552. The third-order valence-electron chi connectivity index (χ3n) is 3.35. The summed E-state index contributed by atoms with van der Waals surface area (Å²) in [5.41, 5.74) is 1.00. The van der Waals surface area contributed by atoms with Crippen LogP contribution >= 0.6 is 11.6 Å². The predicted octanol–water partition coefficient (Wildman–Crippen LogP) is 2.22. The number of alkyl halides is 1. The van der Waals surface area contributed by atoms with Crippen molar-refractivity contribution in [3.8, 4) is 0 Å². The Labute approximate surface area is 130 Å². The summed E-state index contributed by atoms with van der Waals surface area (Å²) in [6.07, 6.45) is 0.817. The highest BCUT2D eigenvalue weighted by Gasteiger charge is 2.31. The molecule has 114 valence electrons. The smallest absolute Gasteiger partial charge is 0.253 e. The summed E-state index contributed by atoms with van der Waals surface area (Å²) < 4.78 is 11.0. The third-order valence-corrected chi connectivity index (χ3v) is 3.76. The minimum absolute atomic E-state index is 0.103. The number of carbonyl (C=O) groups excluding carboxylic acids is 1. The van der Waals surface area contributed by atoms with E-state index >= 15 is 0 Å².